The summed E-state index contributed by atoms with van der Waals surface area (Å²) in [5.74, 6) is 0.0559. The van der Waals surface area contributed by atoms with Gasteiger partial charge in [0, 0.05) is 18.1 Å². The maximum absolute atomic E-state index is 12.8. The van der Waals surface area contributed by atoms with E-state index in [1.165, 1.54) is 0 Å². The molecule has 2 amide bonds. The van der Waals surface area contributed by atoms with E-state index in [1.54, 1.807) is 11.3 Å². The molecule has 0 aromatic carbocycles. The minimum atomic E-state index is -1.02. The first kappa shape index (κ1) is 16.5. The third-order valence-corrected chi connectivity index (χ3v) is 5.84. The van der Waals surface area contributed by atoms with Crippen LogP contribution in [0.25, 0.3) is 0 Å². The normalized spacial score (nSPS) is 30.2. The van der Waals surface area contributed by atoms with Crippen LogP contribution in [-0.4, -0.2) is 39.9 Å². The molecule has 21 heavy (non-hydrogen) atoms. The molecule has 1 aliphatic heterocycles. The summed E-state index contributed by atoms with van der Waals surface area (Å²) < 4.78 is -0.445. The van der Waals surface area contributed by atoms with Gasteiger partial charge in [-0.05, 0) is 35.7 Å². The van der Waals surface area contributed by atoms with Gasteiger partial charge in [-0.25, -0.2) is 4.79 Å². The maximum Gasteiger partial charge on any atom is 0.521 e. The Balaban J connectivity index is 2.34. The molecule has 2 rings (SSSR count). The Bertz CT molecular complexity index is 513. The van der Waals surface area contributed by atoms with Crippen molar-refractivity contribution in [2.24, 2.45) is 5.92 Å². The van der Waals surface area contributed by atoms with E-state index < -0.39 is 10.6 Å². The summed E-state index contributed by atoms with van der Waals surface area (Å²) in [6.07, 6.45) is 0.342. The minimum absolute atomic E-state index is 0.142. The van der Waals surface area contributed by atoms with E-state index in [0.717, 1.165) is 12.0 Å². The van der Waals surface area contributed by atoms with Crippen LogP contribution in [0.2, 0.25) is 0 Å². The molecule has 116 valence electrons. The summed E-state index contributed by atoms with van der Waals surface area (Å²) >= 11 is 5.83. The zero-order chi connectivity index (χ0) is 15.6. The van der Waals surface area contributed by atoms with Gasteiger partial charge in [0.15, 0.2) is 0 Å². The lowest BCUT2D eigenvalue weighted by molar-refractivity contribution is -0.794. The number of rotatable bonds is 4. The number of imide groups is 1. The quantitative estimate of drug-likeness (QED) is 0.656. The molecule has 1 aromatic rings. The number of carboxylic acid groups (broad SMARTS) is 1. The van der Waals surface area contributed by atoms with Crippen molar-refractivity contribution in [1.29, 1.82) is 0 Å². The van der Waals surface area contributed by atoms with Crippen molar-refractivity contribution in [3.63, 3.8) is 0 Å². The average Bonchev–Trinajstić information content (AvgIpc) is 3.07. The number of likely N-dealkylation sites (tertiary alicyclic amines) is 1. The van der Waals surface area contributed by atoms with Crippen LogP contribution in [0.3, 0.4) is 0 Å². The molecule has 0 aliphatic carbocycles. The number of carbonyl (C=O) groups is 2. The molecule has 0 radical (unpaired) electrons. The van der Waals surface area contributed by atoms with Gasteiger partial charge >= 0.3 is 12.0 Å². The Morgan fingerprint density at radius 2 is 2.29 bits per heavy atom. The second kappa shape index (κ2) is 6.50. The van der Waals surface area contributed by atoms with E-state index in [4.69, 9.17) is 0 Å². The summed E-state index contributed by atoms with van der Waals surface area (Å²) in [7, 11) is 0. The Morgan fingerprint density at radius 1 is 1.57 bits per heavy atom. The van der Waals surface area contributed by atoms with Crippen molar-refractivity contribution < 1.29 is 19.2 Å². The van der Waals surface area contributed by atoms with Crippen LogP contribution in [0, 0.1) is 5.92 Å². The molecular formula is C15H22NO3S2+. The second-order valence-electron chi connectivity index (χ2n) is 5.80. The van der Waals surface area contributed by atoms with Crippen molar-refractivity contribution in [3.05, 3.63) is 22.4 Å². The smallest absolute Gasteiger partial charge is 0.435 e. The number of nitrogens with zero attached hydrogens (tertiary/aromatic N) is 1. The number of amides is 2. The van der Waals surface area contributed by atoms with Gasteiger partial charge in [-0.1, -0.05) is 6.92 Å². The number of carbonyl (C=O) groups excluding carboxylic acids is 1. The van der Waals surface area contributed by atoms with Crippen LogP contribution in [0.15, 0.2) is 16.8 Å². The molecule has 1 fully saturated rings. The van der Waals surface area contributed by atoms with Crippen LogP contribution < -0.4 is 0 Å². The van der Waals surface area contributed by atoms with Crippen molar-refractivity contribution in [3.8, 4) is 0 Å². The van der Waals surface area contributed by atoms with Crippen LogP contribution in [0.5, 0.6) is 0 Å². The minimum Gasteiger partial charge on any atom is -0.435 e. The van der Waals surface area contributed by atoms with E-state index in [-0.39, 0.29) is 23.8 Å². The number of thiol groups is 1. The summed E-state index contributed by atoms with van der Waals surface area (Å²) in [6, 6.07) is 1.83. The van der Waals surface area contributed by atoms with Gasteiger partial charge in [0.2, 0.25) is 0 Å². The van der Waals surface area contributed by atoms with Gasteiger partial charge in [0.05, 0.1) is 5.92 Å². The highest BCUT2D eigenvalue weighted by Gasteiger charge is 2.57. The molecule has 1 saturated heterocycles. The second-order valence-corrected chi connectivity index (χ2v) is 6.94. The molecule has 6 heteroatoms. The monoisotopic (exact) mass is 328 g/mol. The molecule has 0 spiro atoms. The fourth-order valence-corrected chi connectivity index (χ4v) is 4.48. The van der Waals surface area contributed by atoms with Crippen molar-refractivity contribution >= 4 is 36.0 Å². The lowest BCUT2D eigenvalue weighted by Crippen LogP contribution is -2.61. The van der Waals surface area contributed by atoms with E-state index in [2.05, 4.69) is 18.0 Å². The Hall–Kier alpha value is -0.850. The number of hydrogen-bond acceptors (Lipinski definition) is 4. The van der Waals surface area contributed by atoms with Crippen molar-refractivity contribution in [1.82, 2.24) is 0 Å². The first-order chi connectivity index (χ1) is 9.97. The Morgan fingerprint density at radius 3 is 2.76 bits per heavy atom. The van der Waals surface area contributed by atoms with Gasteiger partial charge in [0.1, 0.15) is 12.6 Å². The molecule has 4 nitrogen and oxygen atoms in total. The summed E-state index contributed by atoms with van der Waals surface area (Å²) in [6.45, 7) is 4.15. The van der Waals surface area contributed by atoms with Crippen LogP contribution in [0.4, 0.5) is 4.79 Å². The molecule has 1 aromatic heterocycles. The summed E-state index contributed by atoms with van der Waals surface area (Å²) in [4.78, 5) is 24.8. The van der Waals surface area contributed by atoms with Crippen molar-refractivity contribution in [2.75, 3.05) is 12.3 Å². The van der Waals surface area contributed by atoms with E-state index in [0.29, 0.717) is 18.7 Å². The highest BCUT2D eigenvalue weighted by molar-refractivity contribution is 7.80. The lowest BCUT2D eigenvalue weighted by Gasteiger charge is -2.32. The van der Waals surface area contributed by atoms with Gasteiger partial charge in [-0.15, -0.1) is 0 Å². The predicted molar refractivity (Wildman–Crippen MR) is 86.9 cm³/mol. The van der Waals surface area contributed by atoms with Crippen LogP contribution >= 0.6 is 24.0 Å². The molecule has 1 N–H and O–H groups in total. The van der Waals surface area contributed by atoms with E-state index >= 15 is 0 Å². The van der Waals surface area contributed by atoms with E-state index in [1.807, 2.05) is 25.3 Å². The largest absolute Gasteiger partial charge is 0.521 e. The molecule has 2 heterocycles. The van der Waals surface area contributed by atoms with Crippen LogP contribution in [0.1, 0.15) is 38.2 Å². The third kappa shape index (κ3) is 2.76. The first-order valence-electron chi connectivity index (χ1n) is 7.25. The summed E-state index contributed by atoms with van der Waals surface area (Å²) in [5, 5.41) is 13.8. The topological polar surface area (TPSA) is 54.4 Å². The highest BCUT2D eigenvalue weighted by Crippen LogP contribution is 2.40. The molecular weight excluding hydrogens is 306 g/mol. The average molecular weight is 328 g/mol. The maximum atomic E-state index is 12.8. The van der Waals surface area contributed by atoms with Crippen molar-refractivity contribution in [2.45, 2.75) is 38.6 Å². The fourth-order valence-electron chi connectivity index (χ4n) is 3.32. The third-order valence-electron chi connectivity index (χ3n) is 4.70. The standard InChI is InChI=1S/C15H21NO3S2/c1-3-11(8-20)14(17)16(15(18)19)7-13(6-10(16)2)12-4-5-21-9-12/h4-5,9-11,13H,3,6-8H2,1-2H3,(H-,18,19,20)/p+1/t10?,11?,13-,16-/m0/s1. The lowest BCUT2D eigenvalue weighted by atomic mass is 10.00. The van der Waals surface area contributed by atoms with Crippen LogP contribution in [-0.2, 0) is 4.79 Å². The highest BCUT2D eigenvalue weighted by atomic mass is 32.1. The number of thiophene rings is 1. The Kier molecular flexibility index (Phi) is 5.11. The first-order valence-corrected chi connectivity index (χ1v) is 8.83. The molecule has 2 unspecified atom stereocenters. The molecule has 0 bridgehead atoms. The van der Waals surface area contributed by atoms with E-state index in [9.17, 15) is 14.7 Å². The number of quaternary nitrogens is 1. The molecule has 0 saturated carbocycles. The van der Waals surface area contributed by atoms with Gasteiger partial charge < -0.3 is 5.11 Å². The zero-order valence-corrected chi connectivity index (χ0v) is 14.1. The number of hydrogen-bond donors (Lipinski definition) is 2. The van der Waals surface area contributed by atoms with Gasteiger partial charge in [-0.2, -0.15) is 33.2 Å². The summed E-state index contributed by atoms with van der Waals surface area (Å²) in [5.41, 5.74) is 1.15. The molecule has 1 aliphatic rings. The van der Waals surface area contributed by atoms with Gasteiger partial charge in [0.25, 0.3) is 0 Å². The SMILES string of the molecule is CCC(CS)C(=O)[N@+]1(C(=O)O)C[C@@H](c2ccsc2)CC1C. The molecule has 4 atom stereocenters. The Labute approximate surface area is 134 Å². The predicted octanol–water partition coefficient (Wildman–Crippen LogP) is 3.60. The fraction of sp³-hybridized carbons (Fsp3) is 0.600. The van der Waals surface area contributed by atoms with Gasteiger partial charge in [-0.3, -0.25) is 0 Å². The zero-order valence-electron chi connectivity index (χ0n) is 12.4.